The molecule has 6 nitrogen and oxygen atoms in total. The van der Waals surface area contributed by atoms with Crippen molar-refractivity contribution < 1.29 is 19.1 Å². The van der Waals surface area contributed by atoms with E-state index in [2.05, 4.69) is 10.6 Å². The molecule has 3 rings (SSSR count). The molecule has 0 aliphatic rings. The zero-order valence-corrected chi connectivity index (χ0v) is 15.6. The lowest BCUT2D eigenvalue weighted by molar-refractivity contribution is 0.101. The van der Waals surface area contributed by atoms with Crippen LogP contribution in [0.2, 0.25) is 0 Å². The summed E-state index contributed by atoms with van der Waals surface area (Å²) in [5.41, 5.74) is 1.90. The third kappa shape index (κ3) is 4.29. The van der Waals surface area contributed by atoms with E-state index < -0.39 is 0 Å². The molecule has 3 aromatic carbocycles. The third-order valence-electron chi connectivity index (χ3n) is 4.09. The Morgan fingerprint density at radius 3 is 2.11 bits per heavy atom. The topological polar surface area (TPSA) is 76.7 Å². The first-order valence-corrected chi connectivity index (χ1v) is 8.61. The van der Waals surface area contributed by atoms with E-state index in [1.165, 1.54) is 14.2 Å². The molecule has 6 heteroatoms. The van der Waals surface area contributed by atoms with Crippen LogP contribution >= 0.6 is 0 Å². The predicted octanol–water partition coefficient (Wildman–Crippen LogP) is 4.21. The van der Waals surface area contributed by atoms with Crippen molar-refractivity contribution in [1.82, 2.24) is 0 Å². The monoisotopic (exact) mass is 376 g/mol. The molecule has 0 saturated heterocycles. The highest BCUT2D eigenvalue weighted by molar-refractivity contribution is 6.08. The second kappa shape index (κ2) is 8.73. The van der Waals surface area contributed by atoms with Crippen molar-refractivity contribution in [3.8, 4) is 11.5 Å². The van der Waals surface area contributed by atoms with Gasteiger partial charge in [0.2, 0.25) is 0 Å². The number of amides is 2. The first-order chi connectivity index (χ1) is 13.6. The second-order valence-electron chi connectivity index (χ2n) is 5.89. The quantitative estimate of drug-likeness (QED) is 0.676. The van der Waals surface area contributed by atoms with Gasteiger partial charge < -0.3 is 20.1 Å². The minimum atomic E-state index is -0.317. The molecule has 0 spiro atoms. The van der Waals surface area contributed by atoms with Gasteiger partial charge in [-0.25, -0.2) is 0 Å². The maximum atomic E-state index is 12.6. The third-order valence-corrected chi connectivity index (χ3v) is 4.09. The number of methoxy groups -OCH3 is 2. The van der Waals surface area contributed by atoms with E-state index >= 15 is 0 Å². The van der Waals surface area contributed by atoms with Crippen LogP contribution in [0.4, 0.5) is 11.4 Å². The van der Waals surface area contributed by atoms with Gasteiger partial charge >= 0.3 is 0 Å². The average molecular weight is 376 g/mol. The molecule has 0 atom stereocenters. The minimum absolute atomic E-state index is 0.271. The van der Waals surface area contributed by atoms with E-state index in [4.69, 9.17) is 9.47 Å². The largest absolute Gasteiger partial charge is 0.496 e. The molecule has 0 bridgehead atoms. The summed E-state index contributed by atoms with van der Waals surface area (Å²) >= 11 is 0. The number of ether oxygens (including phenoxy) is 2. The van der Waals surface area contributed by atoms with E-state index in [1.54, 1.807) is 66.7 Å². The van der Waals surface area contributed by atoms with Crippen LogP contribution in [0.1, 0.15) is 20.7 Å². The maximum absolute atomic E-state index is 12.6. The molecule has 0 aliphatic carbocycles. The highest BCUT2D eigenvalue weighted by Crippen LogP contribution is 2.29. The number of para-hydroxylation sites is 1. The van der Waals surface area contributed by atoms with Gasteiger partial charge in [0.05, 0.1) is 25.5 Å². The maximum Gasteiger partial charge on any atom is 0.259 e. The van der Waals surface area contributed by atoms with Gasteiger partial charge in [-0.05, 0) is 42.5 Å². The number of benzene rings is 3. The second-order valence-corrected chi connectivity index (χ2v) is 5.89. The molecule has 0 saturated carbocycles. The van der Waals surface area contributed by atoms with Gasteiger partial charge in [0.15, 0.2) is 0 Å². The molecule has 142 valence electrons. The summed E-state index contributed by atoms with van der Waals surface area (Å²) in [5, 5.41) is 5.63. The van der Waals surface area contributed by atoms with Crippen LogP contribution in [0, 0.1) is 0 Å². The van der Waals surface area contributed by atoms with Crippen molar-refractivity contribution in [2.75, 3.05) is 24.9 Å². The van der Waals surface area contributed by atoms with Crippen LogP contribution in [-0.2, 0) is 0 Å². The Bertz CT molecular complexity index is 987. The number of rotatable bonds is 6. The van der Waals surface area contributed by atoms with E-state index in [-0.39, 0.29) is 11.8 Å². The molecule has 0 fully saturated rings. The van der Waals surface area contributed by atoms with Crippen LogP contribution in [-0.4, -0.2) is 26.0 Å². The summed E-state index contributed by atoms with van der Waals surface area (Å²) < 4.78 is 10.5. The van der Waals surface area contributed by atoms with E-state index in [1.807, 2.05) is 6.07 Å². The lowest BCUT2D eigenvalue weighted by Crippen LogP contribution is -2.15. The SMILES string of the molecule is COc1ccc(NC(=O)c2ccccc2OC)cc1NC(=O)c1ccccc1. The summed E-state index contributed by atoms with van der Waals surface area (Å²) in [6, 6.07) is 20.8. The number of carbonyl (C=O) groups excluding carboxylic acids is 2. The molecular formula is C22H20N2O4. The van der Waals surface area contributed by atoms with Gasteiger partial charge in [0.1, 0.15) is 11.5 Å². The highest BCUT2D eigenvalue weighted by Gasteiger charge is 2.14. The molecule has 0 aliphatic heterocycles. The molecular weight excluding hydrogens is 356 g/mol. The van der Waals surface area contributed by atoms with Gasteiger partial charge in [-0.15, -0.1) is 0 Å². The molecule has 2 N–H and O–H groups in total. The first-order valence-electron chi connectivity index (χ1n) is 8.61. The molecule has 0 unspecified atom stereocenters. The van der Waals surface area contributed by atoms with Gasteiger partial charge in [-0.2, -0.15) is 0 Å². The Morgan fingerprint density at radius 1 is 0.714 bits per heavy atom. The van der Waals surface area contributed by atoms with Crippen molar-refractivity contribution in [3.05, 3.63) is 83.9 Å². The predicted molar refractivity (Wildman–Crippen MR) is 108 cm³/mol. The Morgan fingerprint density at radius 2 is 1.39 bits per heavy atom. The zero-order valence-electron chi connectivity index (χ0n) is 15.6. The number of anilines is 2. The molecule has 28 heavy (non-hydrogen) atoms. The summed E-state index contributed by atoms with van der Waals surface area (Å²) in [7, 11) is 3.03. The van der Waals surface area contributed by atoms with E-state index in [9.17, 15) is 9.59 Å². The lowest BCUT2D eigenvalue weighted by atomic mass is 10.1. The number of hydrogen-bond donors (Lipinski definition) is 2. The lowest BCUT2D eigenvalue weighted by Gasteiger charge is -2.13. The Balaban J connectivity index is 1.82. The van der Waals surface area contributed by atoms with Crippen molar-refractivity contribution in [3.63, 3.8) is 0 Å². The summed E-state index contributed by atoms with van der Waals surface area (Å²) in [5.74, 6) is 0.376. The summed E-state index contributed by atoms with van der Waals surface area (Å²) in [6.45, 7) is 0. The van der Waals surface area contributed by atoms with Gasteiger partial charge in [0, 0.05) is 11.3 Å². The molecule has 0 heterocycles. The molecule has 2 amide bonds. The van der Waals surface area contributed by atoms with Crippen LogP contribution in [0.15, 0.2) is 72.8 Å². The van der Waals surface area contributed by atoms with Crippen LogP contribution in [0.5, 0.6) is 11.5 Å². The minimum Gasteiger partial charge on any atom is -0.496 e. The Labute approximate surface area is 163 Å². The van der Waals surface area contributed by atoms with Gasteiger partial charge in [0.25, 0.3) is 11.8 Å². The Hall–Kier alpha value is -3.80. The fraction of sp³-hybridized carbons (Fsp3) is 0.0909. The summed E-state index contributed by atoms with van der Waals surface area (Å²) in [4.78, 5) is 25.0. The normalized spacial score (nSPS) is 10.1. The molecule has 0 radical (unpaired) electrons. The average Bonchev–Trinajstić information content (AvgIpc) is 2.74. The van der Waals surface area contributed by atoms with Crippen LogP contribution in [0.3, 0.4) is 0 Å². The molecule has 0 aromatic heterocycles. The first kappa shape index (κ1) is 19.0. The smallest absolute Gasteiger partial charge is 0.259 e. The van der Waals surface area contributed by atoms with Gasteiger partial charge in [-0.3, -0.25) is 9.59 Å². The van der Waals surface area contributed by atoms with Gasteiger partial charge in [-0.1, -0.05) is 30.3 Å². The van der Waals surface area contributed by atoms with Crippen molar-refractivity contribution >= 4 is 23.2 Å². The van der Waals surface area contributed by atoms with Crippen LogP contribution < -0.4 is 20.1 Å². The number of hydrogen-bond acceptors (Lipinski definition) is 4. The summed E-state index contributed by atoms with van der Waals surface area (Å²) in [6.07, 6.45) is 0. The van der Waals surface area contributed by atoms with Crippen molar-refractivity contribution in [2.24, 2.45) is 0 Å². The Kier molecular flexibility index (Phi) is 5.91. The van der Waals surface area contributed by atoms with Crippen molar-refractivity contribution in [2.45, 2.75) is 0 Å². The van der Waals surface area contributed by atoms with E-state index in [0.29, 0.717) is 34.0 Å². The van der Waals surface area contributed by atoms with Crippen LogP contribution in [0.25, 0.3) is 0 Å². The zero-order chi connectivity index (χ0) is 19.9. The fourth-order valence-electron chi connectivity index (χ4n) is 2.70. The molecule has 3 aromatic rings. The highest BCUT2D eigenvalue weighted by atomic mass is 16.5. The number of carbonyl (C=O) groups is 2. The standard InChI is InChI=1S/C22H20N2O4/c1-27-19-11-7-6-10-17(19)22(26)23-16-12-13-20(28-2)18(14-16)24-21(25)15-8-4-3-5-9-15/h3-14H,1-2H3,(H,23,26)(H,24,25). The fourth-order valence-corrected chi connectivity index (χ4v) is 2.70. The number of nitrogens with one attached hydrogen (secondary N) is 2. The van der Waals surface area contributed by atoms with E-state index in [0.717, 1.165) is 0 Å². The van der Waals surface area contributed by atoms with Crippen molar-refractivity contribution in [1.29, 1.82) is 0 Å².